The van der Waals surface area contributed by atoms with E-state index in [1.54, 1.807) is 42.5 Å². The van der Waals surface area contributed by atoms with E-state index in [2.05, 4.69) is 5.32 Å². The summed E-state index contributed by atoms with van der Waals surface area (Å²) in [6.45, 7) is -0.211. The van der Waals surface area contributed by atoms with Gasteiger partial charge in [0.1, 0.15) is 16.6 Å². The predicted molar refractivity (Wildman–Crippen MR) is 105 cm³/mol. The Balaban J connectivity index is 1.61. The molecule has 138 valence electrons. The van der Waals surface area contributed by atoms with Crippen LogP contribution in [0.2, 0.25) is 0 Å². The number of aliphatic carboxylic acids is 1. The fourth-order valence-electron chi connectivity index (χ4n) is 2.36. The van der Waals surface area contributed by atoms with Crippen LogP contribution in [0, 0.1) is 0 Å². The minimum Gasteiger partial charge on any atom is -0.481 e. The number of anilines is 1. The minimum atomic E-state index is -0.927. The van der Waals surface area contributed by atoms with E-state index in [1.807, 2.05) is 0 Å². The lowest BCUT2D eigenvalue weighted by molar-refractivity contribution is -0.136. The summed E-state index contributed by atoms with van der Waals surface area (Å²) in [6, 6.07) is 9.88. The molecule has 27 heavy (non-hydrogen) atoms. The van der Waals surface area contributed by atoms with E-state index >= 15 is 0 Å². The lowest BCUT2D eigenvalue weighted by Crippen LogP contribution is -2.36. The first-order valence-electron chi connectivity index (χ1n) is 7.82. The standard InChI is InChI=1S/C18H14N2O5S2/c21-15(19-12-5-3-11(4-6-12)8-16(22)23)10-20-17(24)14(27-18(20)26)9-13-2-1-7-25-13/h1-7,9H,8,10H2,(H,19,21)(H,22,23)/b14-9-. The zero-order chi connectivity index (χ0) is 19.4. The SMILES string of the molecule is O=C(O)Cc1ccc(NC(=O)CN2C(=O)/C(=C/c3ccco3)SC2=S)cc1. The van der Waals surface area contributed by atoms with Gasteiger partial charge in [-0.1, -0.05) is 36.1 Å². The maximum absolute atomic E-state index is 12.4. The van der Waals surface area contributed by atoms with E-state index < -0.39 is 11.9 Å². The Morgan fingerprint density at radius 2 is 2.00 bits per heavy atom. The molecule has 1 aliphatic heterocycles. The number of carboxylic acids is 1. The second kappa shape index (κ2) is 8.19. The van der Waals surface area contributed by atoms with Gasteiger partial charge in [-0.05, 0) is 29.8 Å². The molecule has 2 heterocycles. The molecule has 1 fully saturated rings. The molecule has 2 amide bonds. The van der Waals surface area contributed by atoms with Gasteiger partial charge in [0.05, 0.1) is 17.6 Å². The van der Waals surface area contributed by atoms with Gasteiger partial charge in [-0.25, -0.2) is 0 Å². The molecule has 1 aliphatic rings. The van der Waals surface area contributed by atoms with Gasteiger partial charge in [0, 0.05) is 11.8 Å². The molecule has 7 nitrogen and oxygen atoms in total. The van der Waals surface area contributed by atoms with Crippen LogP contribution in [0.3, 0.4) is 0 Å². The Kier molecular flexibility index (Phi) is 5.72. The number of benzene rings is 1. The lowest BCUT2D eigenvalue weighted by atomic mass is 10.1. The fraction of sp³-hybridized carbons (Fsp3) is 0.111. The van der Waals surface area contributed by atoms with Crippen LogP contribution in [0.15, 0.2) is 52.0 Å². The number of nitrogens with zero attached hydrogens (tertiary/aromatic N) is 1. The van der Waals surface area contributed by atoms with Crippen molar-refractivity contribution in [1.29, 1.82) is 0 Å². The Morgan fingerprint density at radius 3 is 2.63 bits per heavy atom. The van der Waals surface area contributed by atoms with E-state index in [-0.39, 0.29) is 18.9 Å². The number of carbonyl (C=O) groups is 3. The summed E-state index contributed by atoms with van der Waals surface area (Å²) in [4.78, 5) is 37.0. The van der Waals surface area contributed by atoms with Crippen molar-refractivity contribution in [3.05, 3.63) is 58.9 Å². The van der Waals surface area contributed by atoms with Gasteiger partial charge in [-0.3, -0.25) is 19.3 Å². The number of amides is 2. The number of furan rings is 1. The number of hydrogen-bond acceptors (Lipinski definition) is 6. The van der Waals surface area contributed by atoms with Crippen molar-refractivity contribution in [1.82, 2.24) is 4.90 Å². The molecule has 2 N–H and O–H groups in total. The smallest absolute Gasteiger partial charge is 0.307 e. The van der Waals surface area contributed by atoms with E-state index in [1.165, 1.54) is 11.2 Å². The van der Waals surface area contributed by atoms with Crippen LogP contribution in [0.25, 0.3) is 6.08 Å². The summed E-state index contributed by atoms with van der Waals surface area (Å²) in [5, 5.41) is 11.4. The Labute approximate surface area is 164 Å². The number of hydrogen-bond donors (Lipinski definition) is 2. The van der Waals surface area contributed by atoms with Crippen molar-refractivity contribution >= 4 is 57.8 Å². The van der Waals surface area contributed by atoms with Crippen molar-refractivity contribution in [3.63, 3.8) is 0 Å². The monoisotopic (exact) mass is 402 g/mol. The quantitative estimate of drug-likeness (QED) is 0.566. The number of rotatable bonds is 6. The maximum Gasteiger partial charge on any atom is 0.307 e. The Bertz CT molecular complexity index is 920. The second-order valence-corrected chi connectivity index (χ2v) is 7.27. The molecule has 0 radical (unpaired) electrons. The summed E-state index contributed by atoms with van der Waals surface area (Å²) in [5.74, 6) is -1.16. The van der Waals surface area contributed by atoms with Gasteiger partial charge in [-0.15, -0.1) is 0 Å². The summed E-state index contributed by atoms with van der Waals surface area (Å²) in [7, 11) is 0. The van der Waals surface area contributed by atoms with Crippen molar-refractivity contribution in [2.24, 2.45) is 0 Å². The molecule has 0 atom stereocenters. The van der Waals surface area contributed by atoms with Crippen molar-refractivity contribution < 1.29 is 23.9 Å². The topological polar surface area (TPSA) is 99.9 Å². The van der Waals surface area contributed by atoms with Crippen molar-refractivity contribution in [3.8, 4) is 0 Å². The van der Waals surface area contributed by atoms with Gasteiger partial charge in [0.15, 0.2) is 0 Å². The molecular weight excluding hydrogens is 388 g/mol. The first-order valence-corrected chi connectivity index (χ1v) is 9.04. The lowest BCUT2D eigenvalue weighted by Gasteiger charge is -2.14. The number of thioether (sulfide) groups is 1. The highest BCUT2D eigenvalue weighted by molar-refractivity contribution is 8.26. The van der Waals surface area contributed by atoms with E-state index in [0.29, 0.717) is 26.2 Å². The van der Waals surface area contributed by atoms with Crippen LogP contribution in [0.4, 0.5) is 5.69 Å². The van der Waals surface area contributed by atoms with E-state index in [0.717, 1.165) is 11.8 Å². The Morgan fingerprint density at radius 1 is 1.26 bits per heavy atom. The minimum absolute atomic E-state index is 0.0905. The maximum atomic E-state index is 12.4. The number of nitrogens with one attached hydrogen (secondary N) is 1. The van der Waals surface area contributed by atoms with Crippen LogP contribution in [-0.4, -0.2) is 38.7 Å². The Hall–Kier alpha value is -2.91. The summed E-state index contributed by atoms with van der Waals surface area (Å²) in [5.41, 5.74) is 1.13. The molecule has 1 aromatic heterocycles. The summed E-state index contributed by atoms with van der Waals surface area (Å²) >= 11 is 6.30. The predicted octanol–water partition coefficient (Wildman–Crippen LogP) is 2.75. The van der Waals surface area contributed by atoms with E-state index in [9.17, 15) is 14.4 Å². The molecule has 1 saturated heterocycles. The highest BCUT2D eigenvalue weighted by atomic mass is 32.2. The van der Waals surface area contributed by atoms with E-state index in [4.69, 9.17) is 21.7 Å². The average molecular weight is 402 g/mol. The number of thiocarbonyl (C=S) groups is 1. The molecule has 0 saturated carbocycles. The molecule has 3 rings (SSSR count). The molecule has 0 spiro atoms. The van der Waals surface area contributed by atoms with Gasteiger partial charge in [0.2, 0.25) is 5.91 Å². The van der Waals surface area contributed by atoms with Gasteiger partial charge < -0.3 is 14.8 Å². The first kappa shape index (κ1) is 18.9. The zero-order valence-electron chi connectivity index (χ0n) is 13.9. The van der Waals surface area contributed by atoms with Crippen LogP contribution in [0.5, 0.6) is 0 Å². The first-order chi connectivity index (χ1) is 12.9. The molecule has 0 bridgehead atoms. The molecular formula is C18H14N2O5S2. The van der Waals surface area contributed by atoms with Crippen molar-refractivity contribution in [2.45, 2.75) is 6.42 Å². The summed E-state index contributed by atoms with van der Waals surface area (Å²) in [6.07, 6.45) is 2.99. The fourth-order valence-corrected chi connectivity index (χ4v) is 3.60. The van der Waals surface area contributed by atoms with Gasteiger partial charge in [-0.2, -0.15) is 0 Å². The van der Waals surface area contributed by atoms with Crippen molar-refractivity contribution in [2.75, 3.05) is 11.9 Å². The largest absolute Gasteiger partial charge is 0.481 e. The summed E-state index contributed by atoms with van der Waals surface area (Å²) < 4.78 is 5.48. The molecule has 1 aromatic carbocycles. The molecule has 0 unspecified atom stereocenters. The van der Waals surface area contributed by atoms with Crippen LogP contribution in [0.1, 0.15) is 11.3 Å². The highest BCUT2D eigenvalue weighted by Gasteiger charge is 2.33. The number of carboxylic acid groups (broad SMARTS) is 1. The van der Waals surface area contributed by atoms with Crippen LogP contribution >= 0.6 is 24.0 Å². The third kappa shape index (κ3) is 4.83. The molecule has 0 aliphatic carbocycles. The van der Waals surface area contributed by atoms with Crippen LogP contribution < -0.4 is 5.32 Å². The third-order valence-corrected chi connectivity index (χ3v) is 4.96. The highest BCUT2D eigenvalue weighted by Crippen LogP contribution is 2.32. The zero-order valence-corrected chi connectivity index (χ0v) is 15.5. The third-order valence-electron chi connectivity index (χ3n) is 3.58. The number of carbonyl (C=O) groups excluding carboxylic acids is 2. The van der Waals surface area contributed by atoms with Crippen LogP contribution in [-0.2, 0) is 20.8 Å². The van der Waals surface area contributed by atoms with Gasteiger partial charge >= 0.3 is 5.97 Å². The second-order valence-electron chi connectivity index (χ2n) is 5.60. The molecule has 2 aromatic rings. The van der Waals surface area contributed by atoms with Gasteiger partial charge in [0.25, 0.3) is 5.91 Å². The normalized spacial score (nSPS) is 15.4. The average Bonchev–Trinajstić information content (AvgIpc) is 3.21. The molecule has 9 heteroatoms.